The smallest absolute Gasteiger partial charge is 0.316 e. The largest absolute Gasteiger partial charge is 0.324 e. The zero-order valence-electron chi connectivity index (χ0n) is 8.35. The van der Waals surface area contributed by atoms with Crippen LogP contribution < -0.4 is 0 Å². The van der Waals surface area contributed by atoms with Crippen LogP contribution in [0.5, 0.6) is 0 Å². The summed E-state index contributed by atoms with van der Waals surface area (Å²) in [5, 5.41) is -0.351. The van der Waals surface area contributed by atoms with Crippen LogP contribution >= 0.6 is 11.6 Å². The molecule has 2 nitrogen and oxygen atoms in total. The van der Waals surface area contributed by atoms with Crippen molar-refractivity contribution in [2.75, 3.05) is 6.54 Å². The van der Waals surface area contributed by atoms with E-state index in [0.29, 0.717) is 0 Å². The quantitative estimate of drug-likeness (QED) is 0.496. The Hall–Kier alpha value is -0.240. The van der Waals surface area contributed by atoms with Crippen LogP contribution in [0.1, 0.15) is 40.5 Å². The van der Waals surface area contributed by atoms with Gasteiger partial charge in [-0.1, -0.05) is 13.3 Å². The number of unbranched alkanes of at least 4 members (excludes halogenated alkanes) is 1. The van der Waals surface area contributed by atoms with Gasteiger partial charge < -0.3 is 4.90 Å². The molecule has 0 aromatic carbocycles. The van der Waals surface area contributed by atoms with E-state index < -0.39 is 0 Å². The summed E-state index contributed by atoms with van der Waals surface area (Å²) in [6, 6.07) is 0. The van der Waals surface area contributed by atoms with Gasteiger partial charge >= 0.3 is 5.37 Å². The lowest BCUT2D eigenvalue weighted by Crippen LogP contribution is -2.43. The molecule has 3 heteroatoms. The summed E-state index contributed by atoms with van der Waals surface area (Å²) >= 11 is 5.45. The van der Waals surface area contributed by atoms with Gasteiger partial charge in [0.2, 0.25) is 0 Å². The molecule has 0 spiro atoms. The molecule has 1 amide bonds. The van der Waals surface area contributed by atoms with E-state index in [1.807, 2.05) is 20.8 Å². The Kier molecular flexibility index (Phi) is 4.61. The van der Waals surface area contributed by atoms with Gasteiger partial charge in [-0.3, -0.25) is 4.79 Å². The van der Waals surface area contributed by atoms with E-state index in [2.05, 4.69) is 6.92 Å². The number of amides is 1. The van der Waals surface area contributed by atoms with Crippen molar-refractivity contribution in [1.29, 1.82) is 0 Å². The van der Waals surface area contributed by atoms with Crippen molar-refractivity contribution in [2.45, 2.75) is 46.1 Å². The molecule has 0 aromatic heterocycles. The molecule has 0 fully saturated rings. The number of hydrogen-bond acceptors (Lipinski definition) is 1. The lowest BCUT2D eigenvalue weighted by molar-refractivity contribution is 0.165. The average Bonchev–Trinajstić information content (AvgIpc) is 1.84. The molecule has 0 aliphatic heterocycles. The Balaban J connectivity index is 4.15. The highest BCUT2D eigenvalue weighted by atomic mass is 35.5. The summed E-state index contributed by atoms with van der Waals surface area (Å²) in [5.41, 5.74) is -0.159. The van der Waals surface area contributed by atoms with Gasteiger partial charge in [0, 0.05) is 12.1 Å². The summed E-state index contributed by atoms with van der Waals surface area (Å²) < 4.78 is 0. The molecule has 0 aliphatic rings. The molecule has 0 rings (SSSR count). The van der Waals surface area contributed by atoms with Crippen LogP contribution in [-0.2, 0) is 0 Å². The van der Waals surface area contributed by atoms with Gasteiger partial charge in [0.15, 0.2) is 0 Å². The standard InChI is InChI=1S/C9H18ClNO/c1-5-6-7-11(8(10)12)9(2,3)4/h5-7H2,1-4H3. The van der Waals surface area contributed by atoms with Crippen LogP contribution in [0.15, 0.2) is 0 Å². The molecule has 0 bridgehead atoms. The van der Waals surface area contributed by atoms with Crippen LogP contribution in [0.25, 0.3) is 0 Å². The molecule has 0 saturated carbocycles. The fourth-order valence-corrected chi connectivity index (χ4v) is 1.34. The third-order valence-electron chi connectivity index (χ3n) is 1.76. The minimum atomic E-state index is -0.351. The predicted octanol–water partition coefficient (Wildman–Crippen LogP) is 3.25. The SMILES string of the molecule is CCCCN(C(=O)Cl)C(C)(C)C. The zero-order chi connectivity index (χ0) is 9.78. The summed E-state index contributed by atoms with van der Waals surface area (Å²) in [6.45, 7) is 8.82. The molecule has 0 radical (unpaired) electrons. The van der Waals surface area contributed by atoms with E-state index in [9.17, 15) is 4.79 Å². The Bertz CT molecular complexity index is 151. The third kappa shape index (κ3) is 3.96. The lowest BCUT2D eigenvalue weighted by Gasteiger charge is -2.33. The number of rotatable bonds is 3. The molecule has 0 saturated heterocycles. The van der Waals surface area contributed by atoms with Gasteiger partial charge in [-0.15, -0.1) is 0 Å². The topological polar surface area (TPSA) is 20.3 Å². The molecule has 12 heavy (non-hydrogen) atoms. The average molecular weight is 192 g/mol. The summed E-state index contributed by atoms with van der Waals surface area (Å²) in [7, 11) is 0. The maximum absolute atomic E-state index is 11.0. The van der Waals surface area contributed by atoms with Crippen molar-refractivity contribution >= 4 is 17.0 Å². The lowest BCUT2D eigenvalue weighted by atomic mass is 10.1. The highest BCUT2D eigenvalue weighted by Crippen LogP contribution is 2.16. The molecule has 0 heterocycles. The minimum Gasteiger partial charge on any atom is -0.324 e. The van der Waals surface area contributed by atoms with Crippen molar-refractivity contribution in [2.24, 2.45) is 0 Å². The molecule has 72 valence electrons. The second-order valence-electron chi connectivity index (χ2n) is 3.93. The maximum atomic E-state index is 11.0. The van der Waals surface area contributed by atoms with Crippen molar-refractivity contribution in [3.8, 4) is 0 Å². The van der Waals surface area contributed by atoms with E-state index in [1.165, 1.54) is 0 Å². The van der Waals surface area contributed by atoms with E-state index in [-0.39, 0.29) is 10.9 Å². The maximum Gasteiger partial charge on any atom is 0.316 e. The summed E-state index contributed by atoms with van der Waals surface area (Å²) in [6.07, 6.45) is 2.09. The van der Waals surface area contributed by atoms with E-state index >= 15 is 0 Å². The molecule has 0 aromatic rings. The van der Waals surface area contributed by atoms with Gasteiger partial charge in [-0.2, -0.15) is 0 Å². The predicted molar refractivity (Wildman–Crippen MR) is 52.6 cm³/mol. The van der Waals surface area contributed by atoms with Crippen molar-refractivity contribution < 1.29 is 4.79 Å². The first-order valence-corrected chi connectivity index (χ1v) is 4.74. The second-order valence-corrected chi connectivity index (χ2v) is 4.25. The summed E-state index contributed by atoms with van der Waals surface area (Å²) in [4.78, 5) is 12.7. The van der Waals surface area contributed by atoms with Crippen LogP contribution in [-0.4, -0.2) is 22.3 Å². The molecule has 0 aliphatic carbocycles. The first kappa shape index (κ1) is 11.8. The van der Waals surface area contributed by atoms with Crippen molar-refractivity contribution in [3.05, 3.63) is 0 Å². The third-order valence-corrected chi connectivity index (χ3v) is 1.96. The summed E-state index contributed by atoms with van der Waals surface area (Å²) in [5.74, 6) is 0. The van der Waals surface area contributed by atoms with E-state index in [1.54, 1.807) is 4.90 Å². The van der Waals surface area contributed by atoms with Gasteiger partial charge in [0.1, 0.15) is 0 Å². The Labute approximate surface area is 79.9 Å². The number of carbonyl (C=O) groups is 1. The second kappa shape index (κ2) is 4.70. The number of hydrogen-bond donors (Lipinski definition) is 0. The monoisotopic (exact) mass is 191 g/mol. The van der Waals surface area contributed by atoms with E-state index in [0.717, 1.165) is 19.4 Å². The highest BCUT2D eigenvalue weighted by molar-refractivity contribution is 6.62. The van der Waals surface area contributed by atoms with Crippen LogP contribution in [0.4, 0.5) is 4.79 Å². The molecule has 0 unspecified atom stereocenters. The number of nitrogens with zero attached hydrogens (tertiary/aromatic N) is 1. The van der Waals surface area contributed by atoms with Crippen molar-refractivity contribution in [1.82, 2.24) is 4.90 Å². The Morgan fingerprint density at radius 3 is 2.17 bits per heavy atom. The molecular formula is C9H18ClNO. The van der Waals surface area contributed by atoms with E-state index in [4.69, 9.17) is 11.6 Å². The normalized spacial score (nSPS) is 11.4. The minimum absolute atomic E-state index is 0.159. The zero-order valence-corrected chi connectivity index (χ0v) is 9.11. The number of halogens is 1. The first-order chi connectivity index (χ1) is 5.39. The fraction of sp³-hybridized carbons (Fsp3) is 0.889. The van der Waals surface area contributed by atoms with Gasteiger partial charge in [0.25, 0.3) is 0 Å². The first-order valence-electron chi connectivity index (χ1n) is 4.36. The van der Waals surface area contributed by atoms with Crippen LogP contribution in [0, 0.1) is 0 Å². The Morgan fingerprint density at radius 2 is 1.92 bits per heavy atom. The van der Waals surface area contributed by atoms with Crippen LogP contribution in [0.2, 0.25) is 0 Å². The molecule has 0 N–H and O–H groups in total. The highest BCUT2D eigenvalue weighted by Gasteiger charge is 2.23. The number of carbonyl (C=O) groups excluding carboxylic acids is 1. The Morgan fingerprint density at radius 1 is 1.42 bits per heavy atom. The van der Waals surface area contributed by atoms with Gasteiger partial charge in [-0.25, -0.2) is 0 Å². The fourth-order valence-electron chi connectivity index (χ4n) is 1.00. The molecular weight excluding hydrogens is 174 g/mol. The van der Waals surface area contributed by atoms with Crippen molar-refractivity contribution in [3.63, 3.8) is 0 Å². The van der Waals surface area contributed by atoms with Gasteiger partial charge in [0.05, 0.1) is 0 Å². The van der Waals surface area contributed by atoms with Crippen LogP contribution in [0.3, 0.4) is 0 Å². The van der Waals surface area contributed by atoms with Gasteiger partial charge in [-0.05, 0) is 38.8 Å². The molecule has 0 atom stereocenters.